The normalized spacial score (nSPS) is 10.4. The van der Waals surface area contributed by atoms with E-state index in [4.69, 9.17) is 15.2 Å². The molecule has 0 aliphatic rings. The number of hydrogen-bond acceptors (Lipinski definition) is 8. The monoisotopic (exact) mass is 468 g/mol. The molecule has 34 heavy (non-hydrogen) atoms. The minimum atomic E-state index is -1.68. The Balaban J connectivity index is 2.41. The second-order valence-electron chi connectivity index (χ2n) is 6.96. The third kappa shape index (κ3) is 4.37. The molecule has 12 heteroatoms. The van der Waals surface area contributed by atoms with E-state index in [1.54, 1.807) is 30.3 Å². The maximum Gasteiger partial charge on any atom is 0.416 e. The van der Waals surface area contributed by atoms with Crippen LogP contribution in [0.1, 0.15) is 13.8 Å². The lowest BCUT2D eigenvalue weighted by Crippen LogP contribution is -2.43. The average Bonchev–Trinajstić information content (AvgIpc) is 2.76. The Labute approximate surface area is 192 Å². The molecule has 0 radical (unpaired) electrons. The molecule has 0 saturated heterocycles. The summed E-state index contributed by atoms with van der Waals surface area (Å²) < 4.78 is 11.8. The van der Waals surface area contributed by atoms with Gasteiger partial charge < -0.3 is 20.3 Å². The number of para-hydroxylation sites is 2. The molecule has 0 aliphatic carbocycles. The fourth-order valence-corrected chi connectivity index (χ4v) is 3.23. The highest BCUT2D eigenvalue weighted by Gasteiger charge is 2.31. The molecule has 0 spiro atoms. The third-order valence-electron chi connectivity index (χ3n) is 4.60. The molecule has 12 nitrogen and oxygen atoms in total. The fraction of sp³-hybridized carbons (Fsp3) is 0.136. The van der Waals surface area contributed by atoms with Gasteiger partial charge in [0.25, 0.3) is 5.56 Å². The van der Waals surface area contributed by atoms with Gasteiger partial charge in [-0.1, -0.05) is 24.3 Å². The molecule has 3 aromatic rings. The number of carboxylic acid groups (broad SMARTS) is 1. The highest BCUT2D eigenvalue weighted by Crippen LogP contribution is 2.41. The number of ether oxygens (including phenoxy) is 2. The van der Waals surface area contributed by atoms with Crippen molar-refractivity contribution in [1.82, 2.24) is 9.13 Å². The summed E-state index contributed by atoms with van der Waals surface area (Å²) in [4.78, 5) is 62.0. The van der Waals surface area contributed by atoms with E-state index in [1.165, 1.54) is 18.2 Å². The lowest BCUT2D eigenvalue weighted by atomic mass is 10.2. The van der Waals surface area contributed by atoms with Gasteiger partial charge in [0.15, 0.2) is 17.2 Å². The van der Waals surface area contributed by atoms with Gasteiger partial charge in [-0.2, -0.15) is 0 Å². The van der Waals surface area contributed by atoms with Crippen LogP contribution in [-0.4, -0.2) is 32.3 Å². The van der Waals surface area contributed by atoms with Crippen molar-refractivity contribution in [3.8, 4) is 17.2 Å². The predicted molar refractivity (Wildman–Crippen MR) is 121 cm³/mol. The summed E-state index contributed by atoms with van der Waals surface area (Å²) >= 11 is 0. The minimum Gasteiger partial charge on any atom is -0.464 e. The van der Waals surface area contributed by atoms with Crippen LogP contribution in [0.15, 0.2) is 58.1 Å². The van der Waals surface area contributed by atoms with Gasteiger partial charge in [-0.25, -0.2) is 19.1 Å². The van der Waals surface area contributed by atoms with Crippen LogP contribution in [0.25, 0.3) is 5.69 Å². The predicted octanol–water partition coefficient (Wildman–Crippen LogP) is 1.79. The van der Waals surface area contributed by atoms with Crippen LogP contribution in [0.2, 0.25) is 0 Å². The fourth-order valence-electron chi connectivity index (χ4n) is 3.23. The van der Waals surface area contributed by atoms with Crippen molar-refractivity contribution in [3.05, 3.63) is 69.4 Å². The zero-order valence-electron chi connectivity index (χ0n) is 18.3. The van der Waals surface area contributed by atoms with Gasteiger partial charge in [-0.3, -0.25) is 19.0 Å². The van der Waals surface area contributed by atoms with Crippen LogP contribution in [0.4, 0.5) is 22.0 Å². The number of carbonyl (C=O) groups is 3. The first-order chi connectivity index (χ1) is 16.0. The summed E-state index contributed by atoms with van der Waals surface area (Å²) in [6.45, 7) is 2.16. The molecule has 2 aromatic carbocycles. The zero-order chi connectivity index (χ0) is 25.2. The smallest absolute Gasteiger partial charge is 0.416 e. The number of anilines is 3. The van der Waals surface area contributed by atoms with Crippen LogP contribution in [0, 0.1) is 0 Å². The van der Waals surface area contributed by atoms with E-state index in [-0.39, 0.29) is 17.1 Å². The Bertz CT molecular complexity index is 1410. The van der Waals surface area contributed by atoms with Gasteiger partial charge in [-0.05, 0) is 24.3 Å². The lowest BCUT2D eigenvalue weighted by Gasteiger charge is -2.25. The van der Waals surface area contributed by atoms with Crippen LogP contribution in [0.3, 0.4) is 0 Å². The molecule has 0 bridgehead atoms. The Morgan fingerprint density at radius 3 is 2.12 bits per heavy atom. The molecule has 0 atom stereocenters. The maximum absolute atomic E-state index is 13.1. The van der Waals surface area contributed by atoms with Crippen LogP contribution in [0.5, 0.6) is 11.5 Å². The van der Waals surface area contributed by atoms with Crippen molar-refractivity contribution in [2.75, 3.05) is 10.6 Å². The van der Waals surface area contributed by atoms with Gasteiger partial charge in [-0.15, -0.1) is 0 Å². The molecule has 0 unspecified atom stereocenters. The van der Waals surface area contributed by atoms with Gasteiger partial charge >= 0.3 is 23.7 Å². The van der Waals surface area contributed by atoms with E-state index in [0.29, 0.717) is 9.47 Å². The summed E-state index contributed by atoms with van der Waals surface area (Å²) in [7, 11) is 1.16. The lowest BCUT2D eigenvalue weighted by molar-refractivity contribution is -0.134. The quantitative estimate of drug-likeness (QED) is 0.420. The summed E-state index contributed by atoms with van der Waals surface area (Å²) in [6.07, 6.45) is -1.68. The van der Waals surface area contributed by atoms with Crippen LogP contribution in [-0.2, 0) is 16.6 Å². The van der Waals surface area contributed by atoms with Crippen molar-refractivity contribution in [2.24, 2.45) is 7.05 Å². The number of esters is 2. The zero-order valence-corrected chi connectivity index (χ0v) is 18.3. The second kappa shape index (κ2) is 9.32. The second-order valence-corrected chi connectivity index (χ2v) is 6.96. The van der Waals surface area contributed by atoms with E-state index in [0.717, 1.165) is 25.5 Å². The molecule has 1 heterocycles. The standard InChI is InChI=1S/C22H20N4O8/c1-12(27)33-16-11-7-10-15(18(16)34-13(2)28)26(22(31)32)17-19(23)25(14-8-5-4-6-9-14)21(30)24(3)20(17)29/h4-11H,23H2,1-3H3,(H,31,32). The molecular formula is C22H20N4O8. The number of amides is 1. The van der Waals surface area contributed by atoms with Gasteiger partial charge in [0.05, 0.1) is 11.4 Å². The van der Waals surface area contributed by atoms with Crippen molar-refractivity contribution in [1.29, 1.82) is 0 Å². The van der Waals surface area contributed by atoms with E-state index in [2.05, 4.69) is 0 Å². The van der Waals surface area contributed by atoms with Crippen molar-refractivity contribution >= 4 is 35.2 Å². The average molecular weight is 468 g/mol. The van der Waals surface area contributed by atoms with E-state index in [9.17, 15) is 29.1 Å². The molecule has 3 rings (SSSR count). The van der Waals surface area contributed by atoms with Gasteiger partial charge in [0.2, 0.25) is 0 Å². The Morgan fingerprint density at radius 2 is 1.56 bits per heavy atom. The molecule has 0 aliphatic heterocycles. The summed E-state index contributed by atoms with van der Waals surface area (Å²) in [6, 6.07) is 11.9. The largest absolute Gasteiger partial charge is 0.464 e. The SMILES string of the molecule is CC(=O)Oc1cccc(N(C(=O)O)c2c(N)n(-c3ccccc3)c(=O)n(C)c2=O)c1OC(C)=O. The number of benzene rings is 2. The topological polar surface area (TPSA) is 163 Å². The molecule has 0 saturated carbocycles. The Hall–Kier alpha value is -4.87. The molecular weight excluding hydrogens is 448 g/mol. The van der Waals surface area contributed by atoms with Crippen molar-refractivity contribution in [2.45, 2.75) is 13.8 Å². The first-order valence-electron chi connectivity index (χ1n) is 9.74. The summed E-state index contributed by atoms with van der Waals surface area (Å²) in [5.41, 5.74) is 3.68. The van der Waals surface area contributed by atoms with Crippen molar-refractivity contribution < 1.29 is 29.0 Å². The summed E-state index contributed by atoms with van der Waals surface area (Å²) in [5, 5.41) is 10.1. The molecule has 1 amide bonds. The number of nitrogen functional groups attached to an aromatic ring is 1. The highest BCUT2D eigenvalue weighted by atomic mass is 16.6. The number of nitrogens with two attached hydrogens (primary N) is 1. The van der Waals surface area contributed by atoms with E-state index < -0.39 is 46.5 Å². The van der Waals surface area contributed by atoms with E-state index in [1.807, 2.05) is 0 Å². The number of carbonyl (C=O) groups excluding carboxylic acids is 2. The van der Waals surface area contributed by atoms with E-state index >= 15 is 0 Å². The molecule has 176 valence electrons. The number of rotatable bonds is 5. The minimum absolute atomic E-state index is 0.266. The Morgan fingerprint density at radius 1 is 0.941 bits per heavy atom. The highest BCUT2D eigenvalue weighted by molar-refractivity contribution is 6.00. The van der Waals surface area contributed by atoms with Crippen molar-refractivity contribution in [3.63, 3.8) is 0 Å². The van der Waals surface area contributed by atoms with Gasteiger partial charge in [0, 0.05) is 20.9 Å². The van der Waals surface area contributed by atoms with Gasteiger partial charge in [0.1, 0.15) is 5.82 Å². The molecule has 1 aromatic heterocycles. The number of hydrogen-bond donors (Lipinski definition) is 2. The van der Waals surface area contributed by atoms with Crippen LogP contribution >= 0.6 is 0 Å². The Kier molecular flexibility index (Phi) is 6.52. The number of nitrogens with zero attached hydrogens (tertiary/aromatic N) is 3. The molecule has 0 fully saturated rings. The van der Waals surface area contributed by atoms with Crippen LogP contribution < -0.4 is 31.4 Å². The summed E-state index contributed by atoms with van der Waals surface area (Å²) in [5.74, 6) is -2.79. The number of aromatic nitrogens is 2. The molecule has 3 N–H and O–H groups in total. The maximum atomic E-state index is 13.1. The first kappa shape index (κ1) is 23.8. The first-order valence-corrected chi connectivity index (χ1v) is 9.74. The third-order valence-corrected chi connectivity index (χ3v) is 4.60.